The normalized spacial score (nSPS) is 9.82. The van der Waals surface area contributed by atoms with Crippen molar-refractivity contribution in [3.05, 3.63) is 70.3 Å². The van der Waals surface area contributed by atoms with Crippen LogP contribution in [-0.2, 0) is 6.42 Å². The van der Waals surface area contributed by atoms with E-state index >= 15 is 0 Å². The minimum Gasteiger partial charge on any atom is -0.0776 e. The van der Waals surface area contributed by atoms with Crippen LogP contribution in [0.1, 0.15) is 35.2 Å². The van der Waals surface area contributed by atoms with Crippen molar-refractivity contribution in [1.82, 2.24) is 0 Å². The van der Waals surface area contributed by atoms with Crippen molar-refractivity contribution in [3.8, 4) is 0 Å². The lowest BCUT2D eigenvalue weighted by Crippen LogP contribution is -1.92. The first kappa shape index (κ1) is 13.5. The van der Waals surface area contributed by atoms with Gasteiger partial charge in [0, 0.05) is 0 Å². The highest BCUT2D eigenvalue weighted by molar-refractivity contribution is 5.35. The summed E-state index contributed by atoms with van der Waals surface area (Å²) in [6.45, 7) is 6.46. The van der Waals surface area contributed by atoms with Gasteiger partial charge in [-0.15, -0.1) is 0 Å². The van der Waals surface area contributed by atoms with Gasteiger partial charge in [0.1, 0.15) is 0 Å². The van der Waals surface area contributed by atoms with E-state index in [0.29, 0.717) is 0 Å². The van der Waals surface area contributed by atoms with Crippen LogP contribution in [0.15, 0.2) is 42.5 Å². The lowest BCUT2D eigenvalue weighted by molar-refractivity contribution is 1.14. The first-order valence-electron chi connectivity index (χ1n) is 5.77. The molecule has 2 aromatic rings. The number of hydrogen-bond acceptors (Lipinski definition) is 0. The summed E-state index contributed by atoms with van der Waals surface area (Å²) in [5.41, 5.74) is 6.86. The van der Waals surface area contributed by atoms with E-state index in [0.717, 1.165) is 6.42 Å². The molecular formula is C17H22. The van der Waals surface area contributed by atoms with Crippen molar-refractivity contribution in [2.75, 3.05) is 0 Å². The third-order valence-corrected chi connectivity index (χ3v) is 3.01. The smallest absolute Gasteiger partial charge is 0.00231 e. The fourth-order valence-corrected chi connectivity index (χ4v) is 1.97. The molecule has 0 heterocycles. The van der Waals surface area contributed by atoms with E-state index in [1.165, 1.54) is 27.8 Å². The summed E-state index contributed by atoms with van der Waals surface area (Å²) in [5, 5.41) is 0. The second-order valence-corrected chi connectivity index (χ2v) is 4.59. The van der Waals surface area contributed by atoms with E-state index in [4.69, 9.17) is 0 Å². The zero-order valence-electron chi connectivity index (χ0n) is 10.2. The van der Waals surface area contributed by atoms with Crippen LogP contribution < -0.4 is 0 Å². The largest absolute Gasteiger partial charge is 0.0776 e. The van der Waals surface area contributed by atoms with Crippen LogP contribution in [0.3, 0.4) is 0 Å². The van der Waals surface area contributed by atoms with E-state index in [9.17, 15) is 0 Å². The zero-order chi connectivity index (χ0) is 11.5. The number of benzene rings is 2. The second-order valence-electron chi connectivity index (χ2n) is 4.59. The van der Waals surface area contributed by atoms with Crippen molar-refractivity contribution in [2.24, 2.45) is 0 Å². The molecule has 0 saturated heterocycles. The second kappa shape index (κ2) is 5.67. The molecule has 0 aromatic heterocycles. The molecule has 90 valence electrons. The van der Waals surface area contributed by atoms with Crippen molar-refractivity contribution in [3.63, 3.8) is 0 Å². The first-order chi connectivity index (χ1) is 7.65. The monoisotopic (exact) mass is 226 g/mol. The Labute approximate surface area is 105 Å². The van der Waals surface area contributed by atoms with Crippen molar-refractivity contribution in [2.45, 2.75) is 34.6 Å². The van der Waals surface area contributed by atoms with E-state index in [-0.39, 0.29) is 7.43 Å². The molecule has 0 saturated carbocycles. The quantitative estimate of drug-likeness (QED) is 0.687. The van der Waals surface area contributed by atoms with Gasteiger partial charge in [-0.2, -0.15) is 0 Å². The molecule has 0 nitrogen and oxygen atoms in total. The molecule has 0 aliphatic rings. The summed E-state index contributed by atoms with van der Waals surface area (Å²) in [7, 11) is 0. The lowest BCUT2D eigenvalue weighted by atomic mass is 9.98. The van der Waals surface area contributed by atoms with Gasteiger partial charge in [-0.1, -0.05) is 61.0 Å². The van der Waals surface area contributed by atoms with Gasteiger partial charge >= 0.3 is 0 Å². The lowest BCUT2D eigenvalue weighted by Gasteiger charge is -2.07. The highest BCUT2D eigenvalue weighted by atomic mass is 14.0. The molecule has 0 bridgehead atoms. The number of hydrogen-bond donors (Lipinski definition) is 0. The molecule has 0 amide bonds. The van der Waals surface area contributed by atoms with Gasteiger partial charge in [0.2, 0.25) is 0 Å². The molecule has 0 spiro atoms. The molecule has 0 heteroatoms. The Kier molecular flexibility index (Phi) is 4.51. The summed E-state index contributed by atoms with van der Waals surface area (Å²) in [6, 6.07) is 15.5. The summed E-state index contributed by atoms with van der Waals surface area (Å²) < 4.78 is 0. The van der Waals surface area contributed by atoms with Crippen LogP contribution in [0, 0.1) is 20.8 Å². The number of aryl methyl sites for hydroxylation is 3. The highest BCUT2D eigenvalue weighted by Gasteiger charge is 2.00. The summed E-state index contributed by atoms with van der Waals surface area (Å²) in [6.07, 6.45) is 1.03. The van der Waals surface area contributed by atoms with Crippen LogP contribution in [0.4, 0.5) is 0 Å². The molecule has 0 unspecified atom stereocenters. The fraction of sp³-hybridized carbons (Fsp3) is 0.294. The van der Waals surface area contributed by atoms with Crippen LogP contribution in [0.5, 0.6) is 0 Å². The van der Waals surface area contributed by atoms with Crippen molar-refractivity contribution < 1.29 is 0 Å². The Morgan fingerprint density at radius 2 is 1.35 bits per heavy atom. The molecular weight excluding hydrogens is 204 g/mol. The maximum Gasteiger partial charge on any atom is -0.00231 e. The minimum atomic E-state index is 0. The average molecular weight is 226 g/mol. The van der Waals surface area contributed by atoms with Crippen LogP contribution >= 0.6 is 0 Å². The van der Waals surface area contributed by atoms with E-state index in [2.05, 4.69) is 63.2 Å². The Morgan fingerprint density at radius 3 is 1.94 bits per heavy atom. The van der Waals surface area contributed by atoms with Crippen molar-refractivity contribution >= 4 is 0 Å². The van der Waals surface area contributed by atoms with E-state index in [1.807, 2.05) is 0 Å². The fourth-order valence-electron chi connectivity index (χ4n) is 1.97. The molecule has 2 aromatic carbocycles. The molecule has 17 heavy (non-hydrogen) atoms. The topological polar surface area (TPSA) is 0 Å². The zero-order valence-corrected chi connectivity index (χ0v) is 10.2. The standard InChI is InChI=1S/C16H18.CH4/c1-12-4-7-15(8-5-12)11-16-9-6-13(2)10-14(16)3;/h4-10H,11H2,1-3H3;1H4. The SMILES string of the molecule is C.Cc1ccc(Cc2ccc(C)cc2C)cc1. The Morgan fingerprint density at radius 1 is 0.765 bits per heavy atom. The molecule has 0 aliphatic carbocycles. The third-order valence-electron chi connectivity index (χ3n) is 3.01. The van der Waals surface area contributed by atoms with E-state index in [1.54, 1.807) is 0 Å². The Hall–Kier alpha value is -1.56. The predicted molar refractivity (Wildman–Crippen MR) is 76.6 cm³/mol. The maximum absolute atomic E-state index is 2.25. The molecule has 0 fully saturated rings. The van der Waals surface area contributed by atoms with Crippen LogP contribution in [0.2, 0.25) is 0 Å². The van der Waals surface area contributed by atoms with Gasteiger partial charge in [-0.25, -0.2) is 0 Å². The minimum absolute atomic E-state index is 0. The van der Waals surface area contributed by atoms with Gasteiger partial charge in [0.05, 0.1) is 0 Å². The van der Waals surface area contributed by atoms with Crippen LogP contribution in [0.25, 0.3) is 0 Å². The van der Waals surface area contributed by atoms with Gasteiger partial charge in [0.15, 0.2) is 0 Å². The average Bonchev–Trinajstić information content (AvgIpc) is 2.25. The molecule has 0 aliphatic heterocycles. The predicted octanol–water partition coefficient (Wildman–Crippen LogP) is 4.84. The number of rotatable bonds is 2. The molecule has 0 N–H and O–H groups in total. The first-order valence-corrected chi connectivity index (χ1v) is 5.77. The van der Waals surface area contributed by atoms with E-state index < -0.39 is 0 Å². The maximum atomic E-state index is 2.25. The van der Waals surface area contributed by atoms with Gasteiger partial charge in [-0.05, 0) is 43.9 Å². The highest BCUT2D eigenvalue weighted by Crippen LogP contribution is 2.15. The van der Waals surface area contributed by atoms with Gasteiger partial charge in [0.25, 0.3) is 0 Å². The Bertz CT molecular complexity index is 478. The molecule has 0 radical (unpaired) electrons. The summed E-state index contributed by atoms with van der Waals surface area (Å²) in [5.74, 6) is 0. The molecule has 0 atom stereocenters. The van der Waals surface area contributed by atoms with Crippen molar-refractivity contribution in [1.29, 1.82) is 0 Å². The molecule has 2 rings (SSSR count). The Balaban J connectivity index is 0.00000144. The summed E-state index contributed by atoms with van der Waals surface area (Å²) >= 11 is 0. The van der Waals surface area contributed by atoms with Gasteiger partial charge < -0.3 is 0 Å². The third kappa shape index (κ3) is 3.45. The van der Waals surface area contributed by atoms with Crippen LogP contribution in [-0.4, -0.2) is 0 Å². The summed E-state index contributed by atoms with van der Waals surface area (Å²) in [4.78, 5) is 0. The van der Waals surface area contributed by atoms with Gasteiger partial charge in [-0.3, -0.25) is 0 Å².